The van der Waals surface area contributed by atoms with Gasteiger partial charge in [0.05, 0.1) is 7.11 Å². The van der Waals surface area contributed by atoms with E-state index in [1.807, 2.05) is 52.0 Å². The van der Waals surface area contributed by atoms with Crippen LogP contribution in [0.2, 0.25) is 0 Å². The molecule has 0 aliphatic carbocycles. The third-order valence-electron chi connectivity index (χ3n) is 2.75. The van der Waals surface area contributed by atoms with Crippen LogP contribution in [-0.4, -0.2) is 12.9 Å². The Morgan fingerprint density at radius 3 is 2.06 bits per heavy atom. The molecule has 0 aliphatic heterocycles. The Hall–Kier alpha value is -1.31. The van der Waals surface area contributed by atoms with Crippen molar-refractivity contribution in [2.24, 2.45) is 5.41 Å². The van der Waals surface area contributed by atoms with Crippen molar-refractivity contribution in [3.05, 3.63) is 29.8 Å². The van der Waals surface area contributed by atoms with E-state index in [2.05, 4.69) is 0 Å². The molecule has 0 heterocycles. The van der Waals surface area contributed by atoms with Gasteiger partial charge in [-0.05, 0) is 17.7 Å². The molecule has 0 saturated heterocycles. The Labute approximate surface area is 97.6 Å². The highest BCUT2D eigenvalue weighted by molar-refractivity contribution is 5.89. The summed E-state index contributed by atoms with van der Waals surface area (Å²) in [6.45, 7) is 7.81. The van der Waals surface area contributed by atoms with Gasteiger partial charge in [0, 0.05) is 11.3 Å². The first kappa shape index (κ1) is 12.8. The van der Waals surface area contributed by atoms with Crippen molar-refractivity contribution >= 4 is 5.78 Å². The Morgan fingerprint density at radius 1 is 1.19 bits per heavy atom. The van der Waals surface area contributed by atoms with Gasteiger partial charge in [-0.15, -0.1) is 0 Å². The molecule has 1 rings (SSSR count). The monoisotopic (exact) mass is 220 g/mol. The van der Waals surface area contributed by atoms with Gasteiger partial charge in [-0.25, -0.2) is 0 Å². The van der Waals surface area contributed by atoms with Gasteiger partial charge in [0.1, 0.15) is 11.5 Å². The number of methoxy groups -OCH3 is 1. The lowest BCUT2D eigenvalue weighted by molar-refractivity contribution is -0.127. The maximum Gasteiger partial charge on any atom is 0.145 e. The number of rotatable bonds is 3. The number of carbonyl (C=O) groups excluding carboxylic acids is 1. The van der Waals surface area contributed by atoms with E-state index >= 15 is 0 Å². The Kier molecular flexibility index (Phi) is 3.74. The van der Waals surface area contributed by atoms with Gasteiger partial charge in [0.2, 0.25) is 0 Å². The normalized spacial score (nSPS) is 13.3. The number of ketones is 1. The van der Waals surface area contributed by atoms with E-state index < -0.39 is 0 Å². The number of carbonyl (C=O) groups is 1. The summed E-state index contributed by atoms with van der Waals surface area (Å²) >= 11 is 0. The van der Waals surface area contributed by atoms with Crippen molar-refractivity contribution in [1.29, 1.82) is 0 Å². The van der Waals surface area contributed by atoms with Crippen molar-refractivity contribution in [3.8, 4) is 5.75 Å². The lowest BCUT2D eigenvalue weighted by Gasteiger charge is -2.22. The van der Waals surface area contributed by atoms with E-state index in [4.69, 9.17) is 4.74 Å². The summed E-state index contributed by atoms with van der Waals surface area (Å²) in [5.74, 6) is 1.02. The molecule has 2 nitrogen and oxygen atoms in total. The van der Waals surface area contributed by atoms with Crippen molar-refractivity contribution in [3.63, 3.8) is 0 Å². The zero-order valence-corrected chi connectivity index (χ0v) is 10.7. The third kappa shape index (κ3) is 2.84. The average molecular weight is 220 g/mol. The van der Waals surface area contributed by atoms with Gasteiger partial charge in [-0.1, -0.05) is 39.8 Å². The molecule has 1 atom stereocenters. The van der Waals surface area contributed by atoms with Crippen LogP contribution in [0.1, 0.15) is 39.2 Å². The summed E-state index contributed by atoms with van der Waals surface area (Å²) in [5.41, 5.74) is 0.750. The molecule has 0 bridgehead atoms. The molecular formula is C14H20O2. The highest BCUT2D eigenvalue weighted by atomic mass is 16.5. The fourth-order valence-corrected chi connectivity index (χ4v) is 1.69. The van der Waals surface area contributed by atoms with Crippen LogP contribution >= 0.6 is 0 Å². The summed E-state index contributed by atoms with van der Waals surface area (Å²) in [7, 11) is 1.64. The lowest BCUT2D eigenvalue weighted by Crippen LogP contribution is -2.25. The minimum Gasteiger partial charge on any atom is -0.497 e. The SMILES string of the molecule is COc1ccc([C@@H](C)C(=O)C(C)(C)C)cc1. The highest BCUT2D eigenvalue weighted by Crippen LogP contribution is 2.27. The van der Waals surface area contributed by atoms with Crippen molar-refractivity contribution < 1.29 is 9.53 Å². The van der Waals surface area contributed by atoms with Gasteiger partial charge >= 0.3 is 0 Å². The number of Topliss-reactive ketones (excluding diaryl/α,β-unsaturated/α-hetero) is 1. The van der Waals surface area contributed by atoms with Crippen LogP contribution in [0, 0.1) is 5.41 Å². The maximum absolute atomic E-state index is 12.1. The average Bonchev–Trinajstić information content (AvgIpc) is 2.26. The smallest absolute Gasteiger partial charge is 0.145 e. The van der Waals surface area contributed by atoms with Gasteiger partial charge in [-0.2, -0.15) is 0 Å². The van der Waals surface area contributed by atoms with Gasteiger partial charge < -0.3 is 4.74 Å². The first-order chi connectivity index (χ1) is 7.36. The van der Waals surface area contributed by atoms with Crippen LogP contribution in [0.3, 0.4) is 0 Å². The van der Waals surface area contributed by atoms with Gasteiger partial charge in [0.25, 0.3) is 0 Å². The number of ether oxygens (including phenoxy) is 1. The fraction of sp³-hybridized carbons (Fsp3) is 0.500. The molecule has 0 saturated carbocycles. The lowest BCUT2D eigenvalue weighted by atomic mass is 9.81. The number of hydrogen-bond donors (Lipinski definition) is 0. The largest absolute Gasteiger partial charge is 0.497 e. The summed E-state index contributed by atoms with van der Waals surface area (Å²) in [6.07, 6.45) is 0. The summed E-state index contributed by atoms with van der Waals surface area (Å²) in [5, 5.41) is 0. The van der Waals surface area contributed by atoms with E-state index in [0.717, 1.165) is 11.3 Å². The summed E-state index contributed by atoms with van der Waals surface area (Å²) < 4.78 is 5.09. The first-order valence-electron chi connectivity index (χ1n) is 5.54. The number of benzene rings is 1. The maximum atomic E-state index is 12.1. The van der Waals surface area contributed by atoms with Crippen LogP contribution in [0.4, 0.5) is 0 Å². The zero-order valence-electron chi connectivity index (χ0n) is 10.7. The second-order valence-electron chi connectivity index (χ2n) is 5.11. The fourth-order valence-electron chi connectivity index (χ4n) is 1.69. The molecule has 0 radical (unpaired) electrons. The molecule has 0 spiro atoms. The summed E-state index contributed by atoms with van der Waals surface area (Å²) in [6, 6.07) is 7.68. The molecular weight excluding hydrogens is 200 g/mol. The topological polar surface area (TPSA) is 26.3 Å². The predicted octanol–water partition coefficient (Wildman–Crippen LogP) is 3.41. The van der Waals surface area contributed by atoms with E-state index in [9.17, 15) is 4.79 Å². The van der Waals surface area contributed by atoms with Crippen LogP contribution in [0.5, 0.6) is 5.75 Å². The summed E-state index contributed by atoms with van der Waals surface area (Å²) in [4.78, 5) is 12.1. The molecule has 2 heteroatoms. The third-order valence-corrected chi connectivity index (χ3v) is 2.75. The molecule has 16 heavy (non-hydrogen) atoms. The molecule has 0 aliphatic rings. The Morgan fingerprint density at radius 2 is 1.69 bits per heavy atom. The van der Waals surface area contributed by atoms with E-state index in [1.54, 1.807) is 7.11 Å². The van der Waals surface area contributed by atoms with Crippen LogP contribution < -0.4 is 4.74 Å². The molecule has 88 valence electrons. The quantitative estimate of drug-likeness (QED) is 0.780. The molecule has 0 unspecified atom stereocenters. The van der Waals surface area contributed by atoms with Gasteiger partial charge in [0.15, 0.2) is 0 Å². The van der Waals surface area contributed by atoms with E-state index in [-0.39, 0.29) is 17.1 Å². The highest BCUT2D eigenvalue weighted by Gasteiger charge is 2.27. The second kappa shape index (κ2) is 4.69. The minimum absolute atomic E-state index is 0.0640. The molecule has 0 N–H and O–H groups in total. The zero-order chi connectivity index (χ0) is 12.3. The number of hydrogen-bond acceptors (Lipinski definition) is 2. The van der Waals surface area contributed by atoms with Crippen molar-refractivity contribution in [1.82, 2.24) is 0 Å². The first-order valence-corrected chi connectivity index (χ1v) is 5.54. The molecule has 0 aromatic heterocycles. The Balaban J connectivity index is 2.88. The van der Waals surface area contributed by atoms with Crippen LogP contribution in [-0.2, 0) is 4.79 Å². The predicted molar refractivity (Wildman–Crippen MR) is 65.9 cm³/mol. The van der Waals surface area contributed by atoms with Gasteiger partial charge in [-0.3, -0.25) is 4.79 Å². The standard InChI is InChI=1S/C14H20O2/c1-10(13(15)14(2,3)4)11-6-8-12(16-5)9-7-11/h6-10H,1-5H3/t10-/m1/s1. The molecule has 1 aromatic carbocycles. The second-order valence-corrected chi connectivity index (χ2v) is 5.11. The van der Waals surface area contributed by atoms with Crippen LogP contribution in [0.25, 0.3) is 0 Å². The van der Waals surface area contributed by atoms with E-state index in [1.165, 1.54) is 0 Å². The molecule has 0 amide bonds. The van der Waals surface area contributed by atoms with Crippen molar-refractivity contribution in [2.45, 2.75) is 33.6 Å². The Bertz CT molecular complexity index is 357. The molecule has 0 fully saturated rings. The molecule has 1 aromatic rings. The van der Waals surface area contributed by atoms with E-state index in [0.29, 0.717) is 0 Å². The van der Waals surface area contributed by atoms with Crippen molar-refractivity contribution in [2.75, 3.05) is 7.11 Å². The van der Waals surface area contributed by atoms with Crippen LogP contribution in [0.15, 0.2) is 24.3 Å². The minimum atomic E-state index is -0.292.